The molecule has 7 heteroatoms. The molecule has 0 aliphatic carbocycles. The van der Waals surface area contributed by atoms with Gasteiger partial charge in [0, 0.05) is 19.5 Å². The first kappa shape index (κ1) is 27.3. The Morgan fingerprint density at radius 1 is 0.944 bits per heavy atom. The quantitative estimate of drug-likeness (QED) is 0.336. The molecule has 3 aromatic rings. The van der Waals surface area contributed by atoms with Gasteiger partial charge in [-0.15, -0.1) is 0 Å². The summed E-state index contributed by atoms with van der Waals surface area (Å²) in [5, 5.41) is 2.90. The molecular formula is C29H33BrN2O4. The Balaban J connectivity index is 1.90. The van der Waals surface area contributed by atoms with Gasteiger partial charge >= 0.3 is 0 Å². The highest BCUT2D eigenvalue weighted by Gasteiger charge is 2.30. The van der Waals surface area contributed by atoms with Crippen molar-refractivity contribution in [2.75, 3.05) is 20.3 Å². The van der Waals surface area contributed by atoms with Crippen LogP contribution in [0, 0.1) is 0 Å². The number of carbonyl (C=O) groups excluding carboxylic acids is 2. The number of nitrogens with zero attached hydrogens (tertiary/aromatic N) is 1. The predicted octanol–water partition coefficient (Wildman–Crippen LogP) is 5.18. The molecule has 0 unspecified atom stereocenters. The van der Waals surface area contributed by atoms with E-state index in [1.165, 1.54) is 5.56 Å². The predicted molar refractivity (Wildman–Crippen MR) is 145 cm³/mol. The monoisotopic (exact) mass is 552 g/mol. The van der Waals surface area contributed by atoms with Gasteiger partial charge in [0.25, 0.3) is 5.91 Å². The van der Waals surface area contributed by atoms with Crippen LogP contribution in [0.2, 0.25) is 0 Å². The lowest BCUT2D eigenvalue weighted by Crippen LogP contribution is -2.51. The van der Waals surface area contributed by atoms with E-state index in [1.54, 1.807) is 12.0 Å². The number of methoxy groups -OCH3 is 1. The molecule has 1 atom stereocenters. The zero-order chi connectivity index (χ0) is 25.9. The van der Waals surface area contributed by atoms with E-state index in [2.05, 4.69) is 28.2 Å². The van der Waals surface area contributed by atoms with E-state index < -0.39 is 6.04 Å². The largest absolute Gasteiger partial charge is 0.497 e. The summed E-state index contributed by atoms with van der Waals surface area (Å²) < 4.78 is 12.1. The summed E-state index contributed by atoms with van der Waals surface area (Å²) in [6.45, 7) is 4.46. The molecule has 2 amide bonds. The second-order valence-corrected chi connectivity index (χ2v) is 9.23. The van der Waals surface area contributed by atoms with Crippen molar-refractivity contribution in [1.29, 1.82) is 0 Å². The van der Waals surface area contributed by atoms with Crippen molar-refractivity contribution in [3.63, 3.8) is 0 Å². The number of carbonyl (C=O) groups is 2. The molecule has 36 heavy (non-hydrogen) atoms. The third-order valence-electron chi connectivity index (χ3n) is 5.86. The van der Waals surface area contributed by atoms with Crippen LogP contribution < -0.4 is 14.8 Å². The van der Waals surface area contributed by atoms with Crippen molar-refractivity contribution < 1.29 is 19.1 Å². The summed E-state index contributed by atoms with van der Waals surface area (Å²) in [6, 6.07) is 22.3. The van der Waals surface area contributed by atoms with Crippen LogP contribution in [0.5, 0.6) is 11.5 Å². The number of aryl methyl sites for hydroxylation is 1. The van der Waals surface area contributed by atoms with Crippen molar-refractivity contribution in [2.24, 2.45) is 0 Å². The van der Waals surface area contributed by atoms with Crippen molar-refractivity contribution in [1.82, 2.24) is 10.2 Å². The molecule has 0 saturated carbocycles. The van der Waals surface area contributed by atoms with Gasteiger partial charge in [0.05, 0.1) is 11.6 Å². The molecule has 3 aromatic carbocycles. The number of hydrogen-bond acceptors (Lipinski definition) is 4. The van der Waals surface area contributed by atoms with E-state index in [0.717, 1.165) is 22.0 Å². The Morgan fingerprint density at radius 2 is 1.69 bits per heavy atom. The first-order chi connectivity index (χ1) is 17.4. The minimum absolute atomic E-state index is 0.196. The summed E-state index contributed by atoms with van der Waals surface area (Å²) in [5.41, 5.74) is 2.99. The minimum Gasteiger partial charge on any atom is -0.497 e. The number of likely N-dealkylation sites (N-methyl/N-ethyl adjacent to an activating group) is 1. The number of halogens is 1. The van der Waals surface area contributed by atoms with Crippen LogP contribution in [0.15, 0.2) is 77.3 Å². The lowest BCUT2D eigenvalue weighted by atomic mass is 10.0. The van der Waals surface area contributed by atoms with Gasteiger partial charge in [0.2, 0.25) is 5.91 Å². The maximum Gasteiger partial charge on any atom is 0.261 e. The number of rotatable bonds is 12. The molecule has 3 rings (SSSR count). The summed E-state index contributed by atoms with van der Waals surface area (Å²) >= 11 is 3.53. The van der Waals surface area contributed by atoms with E-state index in [0.29, 0.717) is 24.5 Å². The van der Waals surface area contributed by atoms with Gasteiger partial charge in [-0.25, -0.2) is 0 Å². The van der Waals surface area contributed by atoms with Gasteiger partial charge in [0.1, 0.15) is 17.5 Å². The molecule has 0 aliphatic rings. The van der Waals surface area contributed by atoms with Crippen molar-refractivity contribution in [3.8, 4) is 11.5 Å². The Hall–Kier alpha value is -3.32. The average molecular weight is 553 g/mol. The average Bonchev–Trinajstić information content (AvgIpc) is 2.90. The zero-order valence-corrected chi connectivity index (χ0v) is 22.6. The lowest BCUT2D eigenvalue weighted by Gasteiger charge is -2.31. The summed E-state index contributed by atoms with van der Waals surface area (Å²) in [4.78, 5) is 28.5. The molecule has 0 bridgehead atoms. The molecule has 1 N–H and O–H groups in total. The fraction of sp³-hybridized carbons (Fsp3) is 0.310. The van der Waals surface area contributed by atoms with Crippen LogP contribution in [-0.4, -0.2) is 43.0 Å². The van der Waals surface area contributed by atoms with Gasteiger partial charge in [0.15, 0.2) is 6.61 Å². The molecule has 0 radical (unpaired) electrons. The molecule has 0 fully saturated rings. The first-order valence-electron chi connectivity index (χ1n) is 12.1. The molecule has 0 saturated heterocycles. The number of benzene rings is 3. The molecule has 0 aromatic heterocycles. The summed E-state index contributed by atoms with van der Waals surface area (Å²) in [6.07, 6.45) is 1.29. The van der Waals surface area contributed by atoms with E-state index in [4.69, 9.17) is 9.47 Å². The highest BCUT2D eigenvalue weighted by Crippen LogP contribution is 2.26. The van der Waals surface area contributed by atoms with Crippen LogP contribution in [0.25, 0.3) is 0 Å². The Morgan fingerprint density at radius 3 is 2.36 bits per heavy atom. The van der Waals surface area contributed by atoms with Crippen LogP contribution in [-0.2, 0) is 29.0 Å². The number of amides is 2. The van der Waals surface area contributed by atoms with Crippen LogP contribution in [0.4, 0.5) is 0 Å². The molecular weight excluding hydrogens is 520 g/mol. The zero-order valence-electron chi connectivity index (χ0n) is 21.0. The fourth-order valence-corrected chi connectivity index (χ4v) is 4.46. The Kier molecular flexibility index (Phi) is 10.4. The van der Waals surface area contributed by atoms with Crippen LogP contribution >= 0.6 is 15.9 Å². The Bertz CT molecular complexity index is 1150. The van der Waals surface area contributed by atoms with Crippen LogP contribution in [0.1, 0.15) is 30.5 Å². The van der Waals surface area contributed by atoms with Crippen molar-refractivity contribution >= 4 is 27.7 Å². The molecule has 6 nitrogen and oxygen atoms in total. The maximum atomic E-state index is 13.6. The molecule has 0 spiro atoms. The number of hydrogen-bond donors (Lipinski definition) is 1. The van der Waals surface area contributed by atoms with Crippen molar-refractivity contribution in [3.05, 3.63) is 94.0 Å². The molecule has 0 heterocycles. The second-order valence-electron chi connectivity index (χ2n) is 8.38. The van der Waals surface area contributed by atoms with Gasteiger partial charge in [-0.05, 0) is 70.2 Å². The fourth-order valence-electron chi connectivity index (χ4n) is 3.92. The maximum absolute atomic E-state index is 13.6. The number of nitrogens with one attached hydrogen (secondary N) is 1. The van der Waals surface area contributed by atoms with Gasteiger partial charge in [-0.1, -0.05) is 55.5 Å². The SMILES string of the molecule is CCNC(=O)[C@H](Cc1ccccc1)N(Cc1cccc(OC)c1)C(=O)COc1ccc(CC)cc1Br. The summed E-state index contributed by atoms with van der Waals surface area (Å²) in [5.74, 6) is 0.788. The smallest absolute Gasteiger partial charge is 0.261 e. The van der Waals surface area contributed by atoms with Gasteiger partial charge in [-0.2, -0.15) is 0 Å². The normalized spacial score (nSPS) is 11.4. The van der Waals surface area contributed by atoms with E-state index in [1.807, 2.05) is 79.7 Å². The van der Waals surface area contributed by atoms with E-state index in [9.17, 15) is 9.59 Å². The van der Waals surface area contributed by atoms with E-state index >= 15 is 0 Å². The standard InChI is InChI=1S/C29H33BrN2O4/c1-4-21-14-15-27(25(30)17-21)36-20-28(33)32(19-23-12-9-13-24(16-23)35-3)26(29(34)31-5-2)18-22-10-7-6-8-11-22/h6-17,26H,4-5,18-20H2,1-3H3,(H,31,34)/t26-/m0/s1. The van der Waals surface area contributed by atoms with Gasteiger partial charge < -0.3 is 19.7 Å². The highest BCUT2D eigenvalue weighted by atomic mass is 79.9. The Labute approximate surface area is 221 Å². The minimum atomic E-state index is -0.708. The number of ether oxygens (including phenoxy) is 2. The van der Waals surface area contributed by atoms with Gasteiger partial charge in [-0.3, -0.25) is 9.59 Å². The summed E-state index contributed by atoms with van der Waals surface area (Å²) in [7, 11) is 1.60. The topological polar surface area (TPSA) is 67.9 Å². The second kappa shape index (κ2) is 13.7. The van der Waals surface area contributed by atoms with Crippen LogP contribution in [0.3, 0.4) is 0 Å². The van der Waals surface area contributed by atoms with E-state index in [-0.39, 0.29) is 25.0 Å². The highest BCUT2D eigenvalue weighted by molar-refractivity contribution is 9.10. The third-order valence-corrected chi connectivity index (χ3v) is 6.48. The lowest BCUT2D eigenvalue weighted by molar-refractivity contribution is -0.142. The third kappa shape index (κ3) is 7.59. The molecule has 190 valence electrons. The van der Waals surface area contributed by atoms with Crippen molar-refractivity contribution in [2.45, 2.75) is 39.3 Å². The molecule has 0 aliphatic heterocycles. The first-order valence-corrected chi connectivity index (χ1v) is 12.9.